The summed E-state index contributed by atoms with van der Waals surface area (Å²) in [6.07, 6.45) is 7.43. The summed E-state index contributed by atoms with van der Waals surface area (Å²) >= 11 is 0. The van der Waals surface area contributed by atoms with Crippen LogP contribution in [0.5, 0.6) is 0 Å². The Bertz CT molecular complexity index is 397. The number of benzene rings is 1. The molecule has 1 rings (SSSR count). The van der Waals surface area contributed by atoms with Crippen LogP contribution >= 0.6 is 0 Å². The van der Waals surface area contributed by atoms with E-state index >= 15 is 0 Å². The Morgan fingerprint density at radius 1 is 1.25 bits per heavy atom. The SMILES string of the molecule is C/C=C(\C=C/CC)C(=NC)c1ccccc1. The highest BCUT2D eigenvalue weighted by atomic mass is 14.7. The maximum absolute atomic E-state index is 4.38. The molecule has 0 saturated carbocycles. The predicted molar refractivity (Wildman–Crippen MR) is 72.1 cm³/mol. The Morgan fingerprint density at radius 2 is 1.94 bits per heavy atom. The van der Waals surface area contributed by atoms with E-state index < -0.39 is 0 Å². The summed E-state index contributed by atoms with van der Waals surface area (Å²) in [5, 5.41) is 0. The van der Waals surface area contributed by atoms with Crippen molar-refractivity contribution in [2.24, 2.45) is 4.99 Å². The van der Waals surface area contributed by atoms with Crippen LogP contribution in [0, 0.1) is 0 Å². The van der Waals surface area contributed by atoms with Crippen LogP contribution in [0.3, 0.4) is 0 Å². The maximum atomic E-state index is 4.38. The zero-order valence-electron chi connectivity index (χ0n) is 10.3. The molecule has 0 aromatic heterocycles. The Morgan fingerprint density at radius 3 is 2.44 bits per heavy atom. The maximum Gasteiger partial charge on any atom is 0.0712 e. The van der Waals surface area contributed by atoms with Gasteiger partial charge in [-0.15, -0.1) is 0 Å². The van der Waals surface area contributed by atoms with Gasteiger partial charge >= 0.3 is 0 Å². The zero-order valence-corrected chi connectivity index (χ0v) is 10.3. The Hall–Kier alpha value is -1.63. The molecular weight excluding hydrogens is 194 g/mol. The molecule has 0 aliphatic heterocycles. The van der Waals surface area contributed by atoms with Gasteiger partial charge < -0.3 is 0 Å². The van der Waals surface area contributed by atoms with Crippen LogP contribution in [0.4, 0.5) is 0 Å². The third-order valence-electron chi connectivity index (χ3n) is 2.39. The van der Waals surface area contributed by atoms with Crippen molar-refractivity contribution in [3.05, 3.63) is 59.7 Å². The molecule has 0 aliphatic carbocycles. The fraction of sp³-hybridized carbons (Fsp3) is 0.267. The average Bonchev–Trinajstić information content (AvgIpc) is 2.35. The lowest BCUT2D eigenvalue weighted by molar-refractivity contribution is 1.22. The van der Waals surface area contributed by atoms with Crippen LogP contribution < -0.4 is 0 Å². The quantitative estimate of drug-likeness (QED) is 0.529. The summed E-state index contributed by atoms with van der Waals surface area (Å²) in [5.74, 6) is 0. The van der Waals surface area contributed by atoms with Crippen molar-refractivity contribution < 1.29 is 0 Å². The smallest absolute Gasteiger partial charge is 0.0712 e. The van der Waals surface area contributed by atoms with Gasteiger partial charge in [-0.25, -0.2) is 0 Å². The molecule has 0 N–H and O–H groups in total. The lowest BCUT2D eigenvalue weighted by Gasteiger charge is -2.06. The number of hydrogen-bond acceptors (Lipinski definition) is 1. The van der Waals surface area contributed by atoms with Crippen LogP contribution in [-0.4, -0.2) is 12.8 Å². The van der Waals surface area contributed by atoms with Gasteiger partial charge in [0, 0.05) is 12.6 Å². The Kier molecular flexibility index (Phi) is 5.27. The molecule has 0 unspecified atom stereocenters. The summed E-state index contributed by atoms with van der Waals surface area (Å²) in [6, 6.07) is 10.3. The summed E-state index contributed by atoms with van der Waals surface area (Å²) in [6.45, 7) is 4.18. The number of rotatable bonds is 4. The lowest BCUT2D eigenvalue weighted by Crippen LogP contribution is -2.03. The summed E-state index contributed by atoms with van der Waals surface area (Å²) in [5.41, 5.74) is 3.39. The molecule has 16 heavy (non-hydrogen) atoms. The molecule has 0 aliphatic rings. The van der Waals surface area contributed by atoms with E-state index in [0.717, 1.165) is 12.1 Å². The Labute approximate surface area is 98.2 Å². The van der Waals surface area contributed by atoms with E-state index in [9.17, 15) is 0 Å². The van der Waals surface area contributed by atoms with Crippen molar-refractivity contribution in [2.75, 3.05) is 7.05 Å². The molecule has 0 bridgehead atoms. The minimum atomic E-state index is 1.04. The van der Waals surface area contributed by atoms with Gasteiger partial charge in [-0.05, 0) is 18.9 Å². The molecule has 0 saturated heterocycles. The first-order valence-electron chi connectivity index (χ1n) is 5.68. The fourth-order valence-electron chi connectivity index (χ4n) is 1.58. The zero-order chi connectivity index (χ0) is 11.8. The first kappa shape index (κ1) is 12.4. The number of aliphatic imine (C=N–C) groups is 1. The molecule has 0 fully saturated rings. The van der Waals surface area contributed by atoms with E-state index in [1.165, 1.54) is 11.1 Å². The first-order valence-corrected chi connectivity index (χ1v) is 5.68. The van der Waals surface area contributed by atoms with E-state index in [2.05, 4.69) is 42.3 Å². The van der Waals surface area contributed by atoms with Gasteiger partial charge in [0.1, 0.15) is 0 Å². The molecule has 1 heteroatoms. The highest BCUT2D eigenvalue weighted by Crippen LogP contribution is 2.11. The number of nitrogens with zero attached hydrogens (tertiary/aromatic N) is 1. The molecular formula is C15H19N. The summed E-state index contributed by atoms with van der Waals surface area (Å²) in [4.78, 5) is 4.38. The number of allylic oxidation sites excluding steroid dienone is 4. The van der Waals surface area contributed by atoms with Gasteiger partial charge in [0.05, 0.1) is 5.71 Å². The highest BCUT2D eigenvalue weighted by Gasteiger charge is 2.04. The van der Waals surface area contributed by atoms with Crippen LogP contribution in [0.1, 0.15) is 25.8 Å². The average molecular weight is 213 g/mol. The molecule has 0 spiro atoms. The standard InChI is InChI=1S/C15H19N/c1-4-6-10-13(5-2)15(16-3)14-11-8-7-9-12-14/h5-12H,4H2,1-3H3/b10-6-,13-5+,16-15?. The van der Waals surface area contributed by atoms with Gasteiger partial charge in [0.25, 0.3) is 0 Å². The van der Waals surface area contributed by atoms with Crippen molar-refractivity contribution >= 4 is 5.71 Å². The van der Waals surface area contributed by atoms with Crippen LogP contribution in [0.25, 0.3) is 0 Å². The topological polar surface area (TPSA) is 12.4 Å². The molecule has 84 valence electrons. The van der Waals surface area contributed by atoms with Crippen molar-refractivity contribution in [2.45, 2.75) is 20.3 Å². The second kappa shape index (κ2) is 6.78. The molecule has 1 nitrogen and oxygen atoms in total. The van der Waals surface area contributed by atoms with Gasteiger partial charge in [-0.2, -0.15) is 0 Å². The minimum absolute atomic E-state index is 1.04. The molecule has 1 aromatic rings. The van der Waals surface area contributed by atoms with Crippen molar-refractivity contribution in [3.8, 4) is 0 Å². The van der Waals surface area contributed by atoms with Crippen LogP contribution in [0.15, 0.2) is 59.1 Å². The van der Waals surface area contributed by atoms with Crippen molar-refractivity contribution in [1.82, 2.24) is 0 Å². The molecule has 0 atom stereocenters. The normalized spacial score (nSPS) is 13.4. The first-order chi connectivity index (χ1) is 7.83. The van der Waals surface area contributed by atoms with Gasteiger partial charge in [0.2, 0.25) is 0 Å². The van der Waals surface area contributed by atoms with Crippen LogP contribution in [-0.2, 0) is 0 Å². The summed E-state index contributed by atoms with van der Waals surface area (Å²) < 4.78 is 0. The van der Waals surface area contributed by atoms with E-state index in [-0.39, 0.29) is 0 Å². The monoisotopic (exact) mass is 213 g/mol. The van der Waals surface area contributed by atoms with Gasteiger partial charge in [-0.3, -0.25) is 4.99 Å². The van der Waals surface area contributed by atoms with E-state index in [4.69, 9.17) is 0 Å². The third kappa shape index (κ3) is 3.20. The third-order valence-corrected chi connectivity index (χ3v) is 2.39. The number of hydrogen-bond donors (Lipinski definition) is 0. The molecule has 0 amide bonds. The van der Waals surface area contributed by atoms with Crippen LogP contribution in [0.2, 0.25) is 0 Å². The summed E-state index contributed by atoms with van der Waals surface area (Å²) in [7, 11) is 1.84. The van der Waals surface area contributed by atoms with Gasteiger partial charge in [-0.1, -0.05) is 55.5 Å². The van der Waals surface area contributed by atoms with E-state index in [0.29, 0.717) is 0 Å². The predicted octanol–water partition coefficient (Wildman–Crippen LogP) is 4.02. The minimum Gasteiger partial charge on any atom is -0.287 e. The molecule has 1 aromatic carbocycles. The Balaban J connectivity index is 3.04. The highest BCUT2D eigenvalue weighted by molar-refractivity contribution is 6.14. The second-order valence-corrected chi connectivity index (χ2v) is 3.49. The van der Waals surface area contributed by atoms with Crippen molar-refractivity contribution in [1.29, 1.82) is 0 Å². The van der Waals surface area contributed by atoms with Gasteiger partial charge in [0.15, 0.2) is 0 Å². The molecule has 0 radical (unpaired) electrons. The fourth-order valence-corrected chi connectivity index (χ4v) is 1.58. The largest absolute Gasteiger partial charge is 0.287 e. The second-order valence-electron chi connectivity index (χ2n) is 3.49. The van der Waals surface area contributed by atoms with E-state index in [1.807, 2.05) is 32.2 Å². The van der Waals surface area contributed by atoms with E-state index in [1.54, 1.807) is 0 Å². The molecule has 0 heterocycles. The lowest BCUT2D eigenvalue weighted by atomic mass is 10.0. The van der Waals surface area contributed by atoms with Crippen molar-refractivity contribution in [3.63, 3.8) is 0 Å².